The van der Waals surface area contributed by atoms with Gasteiger partial charge in [0.2, 0.25) is 5.89 Å². The summed E-state index contributed by atoms with van der Waals surface area (Å²) in [7, 11) is 0. The maximum atomic E-state index is 11.3. The number of aromatic nitrogens is 1. The van der Waals surface area contributed by atoms with Crippen molar-refractivity contribution in [3.05, 3.63) is 71.6 Å². The molecule has 2 aromatic carbocycles. The molecule has 4 rings (SSSR count). The smallest absolute Gasteiger partial charge is 0.306 e. The number of hydrogen-bond acceptors (Lipinski definition) is 4. The van der Waals surface area contributed by atoms with Crippen molar-refractivity contribution >= 4 is 5.97 Å². The van der Waals surface area contributed by atoms with Crippen LogP contribution in [0.1, 0.15) is 36.1 Å². The van der Waals surface area contributed by atoms with Crippen LogP contribution in [0.15, 0.2) is 59.2 Å². The number of carboxylic acids is 1. The van der Waals surface area contributed by atoms with E-state index in [0.29, 0.717) is 18.9 Å². The van der Waals surface area contributed by atoms with Gasteiger partial charge in [0, 0.05) is 12.0 Å². The van der Waals surface area contributed by atoms with Crippen LogP contribution >= 0.6 is 0 Å². The second kappa shape index (κ2) is 7.89. The number of aryl methyl sites for hydroxylation is 1. The Hall–Kier alpha value is -3.08. The Kier molecular flexibility index (Phi) is 5.15. The summed E-state index contributed by atoms with van der Waals surface area (Å²) in [4.78, 5) is 15.8. The molecule has 0 saturated carbocycles. The number of carboxylic acid groups (broad SMARTS) is 1. The van der Waals surface area contributed by atoms with Gasteiger partial charge in [0.25, 0.3) is 0 Å². The Morgan fingerprint density at radius 3 is 2.89 bits per heavy atom. The number of nitrogens with zero attached hydrogens (tertiary/aromatic N) is 1. The van der Waals surface area contributed by atoms with Crippen molar-refractivity contribution in [2.45, 2.75) is 32.1 Å². The van der Waals surface area contributed by atoms with Crippen molar-refractivity contribution in [1.82, 2.24) is 4.98 Å². The number of benzene rings is 2. The maximum Gasteiger partial charge on any atom is 0.306 e. The summed E-state index contributed by atoms with van der Waals surface area (Å²) in [6.07, 6.45) is 4.12. The number of carbonyl (C=O) groups is 1. The molecule has 5 nitrogen and oxygen atoms in total. The predicted molar refractivity (Wildman–Crippen MR) is 105 cm³/mol. The van der Waals surface area contributed by atoms with Crippen molar-refractivity contribution in [2.24, 2.45) is 5.92 Å². The van der Waals surface area contributed by atoms with Crippen LogP contribution < -0.4 is 4.74 Å². The first-order valence-electron chi connectivity index (χ1n) is 9.60. The first kappa shape index (κ1) is 18.3. The molecule has 1 aliphatic carbocycles. The molecule has 1 aliphatic rings. The summed E-state index contributed by atoms with van der Waals surface area (Å²) in [5.74, 6) is 0.425. The van der Waals surface area contributed by atoms with E-state index in [0.717, 1.165) is 35.4 Å². The Balaban J connectivity index is 1.35. The van der Waals surface area contributed by atoms with Gasteiger partial charge in [-0.1, -0.05) is 31.2 Å². The number of rotatable bonds is 7. The number of ether oxygens (including phenoxy) is 1. The quantitative estimate of drug-likeness (QED) is 0.645. The minimum atomic E-state index is -0.735. The lowest BCUT2D eigenvalue weighted by Gasteiger charge is -2.16. The monoisotopic (exact) mass is 377 g/mol. The fraction of sp³-hybridized carbons (Fsp3) is 0.304. The molecule has 2 unspecified atom stereocenters. The van der Waals surface area contributed by atoms with Crippen molar-refractivity contribution in [3.8, 4) is 17.2 Å². The highest BCUT2D eigenvalue weighted by Gasteiger charge is 2.31. The van der Waals surface area contributed by atoms with Crippen LogP contribution in [0.5, 0.6) is 5.75 Å². The summed E-state index contributed by atoms with van der Waals surface area (Å²) in [5.41, 5.74) is 4.16. The highest BCUT2D eigenvalue weighted by Crippen LogP contribution is 2.39. The SMILES string of the molecule is CC(C(=O)O)C1CCc2cc(OCCc3coc(-c4ccccc4)n3)ccc21. The largest absolute Gasteiger partial charge is 0.493 e. The molecule has 144 valence electrons. The third-order valence-electron chi connectivity index (χ3n) is 5.43. The summed E-state index contributed by atoms with van der Waals surface area (Å²) in [5, 5.41) is 9.28. The molecule has 2 atom stereocenters. The molecular weight excluding hydrogens is 354 g/mol. The maximum absolute atomic E-state index is 11.3. The average molecular weight is 377 g/mol. The van der Waals surface area contributed by atoms with Gasteiger partial charge in [-0.3, -0.25) is 4.79 Å². The van der Waals surface area contributed by atoms with Gasteiger partial charge in [-0.2, -0.15) is 0 Å². The zero-order chi connectivity index (χ0) is 19.5. The fourth-order valence-electron chi connectivity index (χ4n) is 3.82. The highest BCUT2D eigenvalue weighted by atomic mass is 16.5. The Morgan fingerprint density at radius 1 is 1.29 bits per heavy atom. The van der Waals surface area contributed by atoms with Crippen LogP contribution in [0.25, 0.3) is 11.5 Å². The van der Waals surface area contributed by atoms with E-state index in [1.165, 1.54) is 5.56 Å². The first-order valence-corrected chi connectivity index (χ1v) is 9.60. The molecule has 0 bridgehead atoms. The first-order chi connectivity index (χ1) is 13.6. The van der Waals surface area contributed by atoms with E-state index >= 15 is 0 Å². The van der Waals surface area contributed by atoms with Gasteiger partial charge >= 0.3 is 5.97 Å². The zero-order valence-corrected chi connectivity index (χ0v) is 15.8. The van der Waals surface area contributed by atoms with E-state index in [1.54, 1.807) is 13.2 Å². The van der Waals surface area contributed by atoms with Crippen molar-refractivity contribution in [2.75, 3.05) is 6.61 Å². The second-order valence-corrected chi connectivity index (χ2v) is 7.24. The van der Waals surface area contributed by atoms with Crippen LogP contribution in [0, 0.1) is 5.92 Å². The molecule has 1 heterocycles. The summed E-state index contributed by atoms with van der Waals surface area (Å²) < 4.78 is 11.4. The summed E-state index contributed by atoms with van der Waals surface area (Å²) in [6, 6.07) is 15.8. The molecule has 0 saturated heterocycles. The lowest BCUT2D eigenvalue weighted by Crippen LogP contribution is -2.17. The fourth-order valence-corrected chi connectivity index (χ4v) is 3.82. The van der Waals surface area contributed by atoms with E-state index < -0.39 is 5.97 Å². The van der Waals surface area contributed by atoms with Crippen molar-refractivity contribution in [3.63, 3.8) is 0 Å². The molecule has 0 spiro atoms. The molecular formula is C23H23NO4. The van der Waals surface area contributed by atoms with Gasteiger partial charge in [-0.15, -0.1) is 0 Å². The van der Waals surface area contributed by atoms with Gasteiger partial charge in [-0.25, -0.2) is 4.98 Å². The molecule has 0 fully saturated rings. The molecule has 0 aliphatic heterocycles. The van der Waals surface area contributed by atoms with E-state index in [1.807, 2.05) is 48.5 Å². The highest BCUT2D eigenvalue weighted by molar-refractivity contribution is 5.71. The third kappa shape index (κ3) is 3.79. The van der Waals surface area contributed by atoms with E-state index in [9.17, 15) is 9.90 Å². The van der Waals surface area contributed by atoms with Gasteiger partial charge in [0.05, 0.1) is 18.2 Å². The summed E-state index contributed by atoms with van der Waals surface area (Å²) >= 11 is 0. The van der Waals surface area contributed by atoms with Crippen molar-refractivity contribution in [1.29, 1.82) is 0 Å². The lowest BCUT2D eigenvalue weighted by molar-refractivity contribution is -0.141. The molecule has 0 radical (unpaired) electrons. The normalized spacial score (nSPS) is 16.5. The van der Waals surface area contributed by atoms with Crippen LogP contribution in [0.2, 0.25) is 0 Å². The molecule has 5 heteroatoms. The Bertz CT molecular complexity index is 964. The van der Waals surface area contributed by atoms with Crippen LogP contribution in [-0.2, 0) is 17.6 Å². The van der Waals surface area contributed by atoms with Crippen LogP contribution in [0.4, 0.5) is 0 Å². The Morgan fingerprint density at radius 2 is 2.11 bits per heavy atom. The standard InChI is InChI=1S/C23H23NO4/c1-15(23(25)26)20-9-7-17-13-19(8-10-21(17)20)27-12-11-18-14-28-22(24-18)16-5-3-2-4-6-16/h2-6,8,10,13-15,20H,7,9,11-12H2,1H3,(H,25,26). The number of fused-ring (bicyclic) bond motifs is 1. The summed E-state index contributed by atoms with van der Waals surface area (Å²) in [6.45, 7) is 2.29. The van der Waals surface area contributed by atoms with E-state index in [4.69, 9.17) is 9.15 Å². The van der Waals surface area contributed by atoms with E-state index in [-0.39, 0.29) is 11.8 Å². The van der Waals surface area contributed by atoms with Gasteiger partial charge in [-0.05, 0) is 54.2 Å². The second-order valence-electron chi connectivity index (χ2n) is 7.24. The lowest BCUT2D eigenvalue weighted by atomic mass is 9.89. The molecule has 1 N–H and O–H groups in total. The van der Waals surface area contributed by atoms with Crippen molar-refractivity contribution < 1.29 is 19.1 Å². The average Bonchev–Trinajstić information content (AvgIpc) is 3.35. The van der Waals surface area contributed by atoms with Crippen LogP contribution in [0.3, 0.4) is 0 Å². The van der Waals surface area contributed by atoms with E-state index in [2.05, 4.69) is 4.98 Å². The number of hydrogen-bond donors (Lipinski definition) is 1. The van der Waals surface area contributed by atoms with Gasteiger partial charge in [0.1, 0.15) is 12.0 Å². The molecule has 28 heavy (non-hydrogen) atoms. The third-order valence-corrected chi connectivity index (χ3v) is 5.43. The minimum absolute atomic E-state index is 0.0908. The molecule has 0 amide bonds. The molecule has 1 aromatic heterocycles. The van der Waals surface area contributed by atoms with Gasteiger partial charge < -0.3 is 14.3 Å². The zero-order valence-electron chi connectivity index (χ0n) is 15.8. The van der Waals surface area contributed by atoms with Gasteiger partial charge in [0.15, 0.2) is 0 Å². The molecule has 3 aromatic rings. The number of aliphatic carboxylic acids is 1. The van der Waals surface area contributed by atoms with Crippen LogP contribution in [-0.4, -0.2) is 22.7 Å². The number of oxazole rings is 1. The topological polar surface area (TPSA) is 72.6 Å². The Labute approximate surface area is 164 Å². The minimum Gasteiger partial charge on any atom is -0.493 e. The predicted octanol–water partition coefficient (Wildman–Crippen LogP) is 4.71.